The minimum atomic E-state index is -0.359. The van der Waals surface area contributed by atoms with Gasteiger partial charge in [-0.3, -0.25) is 20.4 Å². The summed E-state index contributed by atoms with van der Waals surface area (Å²) in [6.07, 6.45) is 0.294. The average Bonchev–Trinajstić information content (AvgIpc) is 3.00. The number of carbonyl (C=O) groups is 2. The largest absolute Gasteiger partial charge is 0.301 e. The number of hydrazine groups is 1. The topological polar surface area (TPSA) is 70.2 Å². The van der Waals surface area contributed by atoms with Crippen LogP contribution < -0.4 is 16.2 Å². The molecule has 0 saturated heterocycles. The Morgan fingerprint density at radius 2 is 1.78 bits per heavy atom. The zero-order valence-corrected chi connectivity index (χ0v) is 13.6. The van der Waals surface area contributed by atoms with E-state index in [1.807, 2.05) is 17.5 Å². The van der Waals surface area contributed by atoms with E-state index in [1.165, 1.54) is 35.6 Å². The number of carbonyl (C=O) groups excluding carboxylic acids is 2. The molecule has 1 aromatic heterocycles. The Morgan fingerprint density at radius 3 is 2.43 bits per heavy atom. The summed E-state index contributed by atoms with van der Waals surface area (Å²) in [5.41, 5.74) is 5.49. The summed E-state index contributed by atoms with van der Waals surface area (Å²) in [5.74, 6) is -0.980. The van der Waals surface area contributed by atoms with Crippen molar-refractivity contribution < 1.29 is 14.0 Å². The smallest absolute Gasteiger partial charge is 0.242 e. The van der Waals surface area contributed by atoms with Gasteiger partial charge >= 0.3 is 0 Å². The first-order valence-corrected chi connectivity index (χ1v) is 7.97. The van der Waals surface area contributed by atoms with E-state index in [0.29, 0.717) is 5.56 Å². The molecule has 0 aliphatic carbocycles. The summed E-state index contributed by atoms with van der Waals surface area (Å²) in [7, 11) is 0. The molecule has 8 heteroatoms. The van der Waals surface area contributed by atoms with Crippen LogP contribution in [0.1, 0.15) is 10.4 Å². The van der Waals surface area contributed by atoms with Gasteiger partial charge in [-0.25, -0.2) is 4.39 Å². The Bertz CT molecular complexity index is 687. The standard InChI is InChI=1S/C15H14FN3O2S2/c16-11-5-3-10(4-6-11)8-14(21)18-19-15(22)17-13(20)9-12-2-1-7-23-12/h1-7H,8-9H2,(H,18,21)(H2,17,19,20,22). The van der Waals surface area contributed by atoms with Crippen LogP contribution in [-0.4, -0.2) is 16.9 Å². The van der Waals surface area contributed by atoms with E-state index >= 15 is 0 Å². The second-order valence-electron chi connectivity index (χ2n) is 4.61. The lowest BCUT2D eigenvalue weighted by Gasteiger charge is -2.10. The quantitative estimate of drug-likeness (QED) is 0.579. The molecule has 5 nitrogen and oxygen atoms in total. The van der Waals surface area contributed by atoms with Crippen LogP contribution in [-0.2, 0) is 22.4 Å². The fourth-order valence-electron chi connectivity index (χ4n) is 1.73. The van der Waals surface area contributed by atoms with Crippen molar-refractivity contribution in [2.45, 2.75) is 12.8 Å². The molecule has 0 saturated carbocycles. The molecule has 0 fully saturated rings. The molecular formula is C15H14FN3O2S2. The van der Waals surface area contributed by atoms with Crippen molar-refractivity contribution in [2.75, 3.05) is 0 Å². The maximum atomic E-state index is 12.8. The number of nitrogens with one attached hydrogen (secondary N) is 3. The van der Waals surface area contributed by atoms with Crippen LogP contribution in [0.5, 0.6) is 0 Å². The monoisotopic (exact) mass is 351 g/mol. The Balaban J connectivity index is 1.70. The lowest BCUT2D eigenvalue weighted by atomic mass is 10.1. The number of thiophene rings is 1. The van der Waals surface area contributed by atoms with Crippen molar-refractivity contribution in [2.24, 2.45) is 0 Å². The maximum absolute atomic E-state index is 12.8. The van der Waals surface area contributed by atoms with E-state index in [1.54, 1.807) is 0 Å². The summed E-state index contributed by atoms with van der Waals surface area (Å²) in [6.45, 7) is 0. The highest BCUT2D eigenvalue weighted by atomic mass is 32.1. The van der Waals surface area contributed by atoms with E-state index in [9.17, 15) is 14.0 Å². The highest BCUT2D eigenvalue weighted by Gasteiger charge is 2.08. The SMILES string of the molecule is O=C(Cc1ccc(F)cc1)NNC(=S)NC(=O)Cc1cccs1. The first kappa shape index (κ1) is 17.0. The van der Waals surface area contributed by atoms with Gasteiger partial charge in [0.25, 0.3) is 0 Å². The van der Waals surface area contributed by atoms with E-state index in [4.69, 9.17) is 12.2 Å². The molecule has 120 valence electrons. The van der Waals surface area contributed by atoms with Gasteiger partial charge in [0.2, 0.25) is 11.8 Å². The van der Waals surface area contributed by atoms with Gasteiger partial charge in [-0.15, -0.1) is 11.3 Å². The van der Waals surface area contributed by atoms with Gasteiger partial charge in [-0.1, -0.05) is 18.2 Å². The normalized spacial score (nSPS) is 9.96. The predicted octanol–water partition coefficient (Wildman–Crippen LogP) is 1.69. The van der Waals surface area contributed by atoms with Gasteiger partial charge in [0.15, 0.2) is 5.11 Å². The van der Waals surface area contributed by atoms with Crippen molar-refractivity contribution in [1.29, 1.82) is 0 Å². The second kappa shape index (κ2) is 8.35. The van der Waals surface area contributed by atoms with Crippen LogP contribution in [0.3, 0.4) is 0 Å². The first-order chi connectivity index (χ1) is 11.0. The molecule has 2 amide bonds. The third-order valence-electron chi connectivity index (χ3n) is 2.76. The first-order valence-electron chi connectivity index (χ1n) is 6.68. The molecule has 0 aliphatic heterocycles. The predicted molar refractivity (Wildman–Crippen MR) is 90.1 cm³/mol. The highest BCUT2D eigenvalue weighted by molar-refractivity contribution is 7.80. The summed E-state index contributed by atoms with van der Waals surface area (Å²) in [5, 5.41) is 4.37. The van der Waals surface area contributed by atoms with Crippen LogP contribution in [0, 0.1) is 5.82 Å². The summed E-state index contributed by atoms with van der Waals surface area (Å²) < 4.78 is 12.8. The molecule has 0 aliphatic rings. The fourth-order valence-corrected chi connectivity index (χ4v) is 2.60. The van der Waals surface area contributed by atoms with Crippen LogP contribution >= 0.6 is 23.6 Å². The lowest BCUT2D eigenvalue weighted by molar-refractivity contribution is -0.121. The number of hydrogen-bond acceptors (Lipinski definition) is 4. The molecule has 0 radical (unpaired) electrons. The zero-order chi connectivity index (χ0) is 16.7. The van der Waals surface area contributed by atoms with Crippen molar-refractivity contribution in [1.82, 2.24) is 16.2 Å². The van der Waals surface area contributed by atoms with Crippen LogP contribution in [0.4, 0.5) is 4.39 Å². The van der Waals surface area contributed by atoms with Crippen LogP contribution in [0.15, 0.2) is 41.8 Å². The molecule has 23 heavy (non-hydrogen) atoms. The van der Waals surface area contributed by atoms with Gasteiger partial charge in [0.1, 0.15) is 5.82 Å². The molecular weight excluding hydrogens is 337 g/mol. The third kappa shape index (κ3) is 6.13. The maximum Gasteiger partial charge on any atom is 0.242 e. The molecule has 0 unspecified atom stereocenters. The van der Waals surface area contributed by atoms with Gasteiger partial charge < -0.3 is 5.32 Å². The van der Waals surface area contributed by atoms with Gasteiger partial charge in [0.05, 0.1) is 12.8 Å². The molecule has 0 bridgehead atoms. The van der Waals surface area contributed by atoms with Crippen molar-refractivity contribution in [3.8, 4) is 0 Å². The third-order valence-corrected chi connectivity index (χ3v) is 3.84. The molecule has 0 atom stereocenters. The summed E-state index contributed by atoms with van der Waals surface area (Å²) in [6, 6.07) is 9.33. The minimum absolute atomic E-state index is 0.0130. The van der Waals surface area contributed by atoms with Crippen molar-refractivity contribution in [3.63, 3.8) is 0 Å². The van der Waals surface area contributed by atoms with Crippen LogP contribution in [0.25, 0.3) is 0 Å². The van der Waals surface area contributed by atoms with Gasteiger partial charge in [-0.05, 0) is 41.4 Å². The molecule has 0 spiro atoms. The number of amides is 2. The Labute approximate surface area is 141 Å². The minimum Gasteiger partial charge on any atom is -0.301 e. The molecule has 2 rings (SSSR count). The molecule has 1 heterocycles. The number of benzene rings is 1. The molecule has 3 N–H and O–H groups in total. The molecule has 2 aromatic rings. The van der Waals surface area contributed by atoms with Crippen LogP contribution in [0.2, 0.25) is 0 Å². The van der Waals surface area contributed by atoms with Gasteiger partial charge in [-0.2, -0.15) is 0 Å². The van der Waals surface area contributed by atoms with E-state index in [-0.39, 0.29) is 35.6 Å². The van der Waals surface area contributed by atoms with E-state index < -0.39 is 0 Å². The van der Waals surface area contributed by atoms with Gasteiger partial charge in [0, 0.05) is 4.88 Å². The Morgan fingerprint density at radius 1 is 1.04 bits per heavy atom. The van der Waals surface area contributed by atoms with E-state index in [2.05, 4.69) is 16.2 Å². The van der Waals surface area contributed by atoms with Crippen molar-refractivity contribution in [3.05, 3.63) is 58.0 Å². The number of thiocarbonyl (C=S) groups is 1. The lowest BCUT2D eigenvalue weighted by Crippen LogP contribution is -2.49. The fraction of sp³-hybridized carbons (Fsp3) is 0.133. The number of halogens is 1. The number of hydrogen-bond donors (Lipinski definition) is 3. The average molecular weight is 351 g/mol. The second-order valence-corrected chi connectivity index (χ2v) is 6.05. The zero-order valence-electron chi connectivity index (χ0n) is 12.0. The van der Waals surface area contributed by atoms with E-state index in [0.717, 1.165) is 4.88 Å². The van der Waals surface area contributed by atoms with Crippen molar-refractivity contribution >= 4 is 40.5 Å². The number of rotatable bonds is 4. The Hall–Kier alpha value is -2.32. The Kier molecular flexibility index (Phi) is 6.19. The summed E-state index contributed by atoms with van der Waals surface area (Å²) in [4.78, 5) is 24.3. The summed E-state index contributed by atoms with van der Waals surface area (Å²) >= 11 is 6.40. The highest BCUT2D eigenvalue weighted by Crippen LogP contribution is 2.08. The molecule has 1 aromatic carbocycles.